The number of piperidine rings is 1. The fourth-order valence-electron chi connectivity index (χ4n) is 3.82. The summed E-state index contributed by atoms with van der Waals surface area (Å²) in [5.74, 6) is 1.20. The molecule has 0 bridgehead atoms. The number of hydrogen-bond acceptors (Lipinski definition) is 8. The fraction of sp³-hybridized carbons (Fsp3) is 0.565. The average molecular weight is 475 g/mol. The Morgan fingerprint density at radius 2 is 1.82 bits per heavy atom. The van der Waals surface area contributed by atoms with Gasteiger partial charge in [0.15, 0.2) is 0 Å². The van der Waals surface area contributed by atoms with E-state index in [0.29, 0.717) is 38.4 Å². The molecule has 1 amide bonds. The molecule has 0 radical (unpaired) electrons. The van der Waals surface area contributed by atoms with Crippen molar-refractivity contribution < 1.29 is 28.7 Å². The smallest absolute Gasteiger partial charge is 0.414 e. The largest absolute Gasteiger partial charge is 0.490 e. The lowest BCUT2D eigenvalue weighted by molar-refractivity contribution is -0.389. The van der Waals surface area contributed by atoms with Gasteiger partial charge in [0.25, 0.3) is 0 Å². The SMILES string of the molecule is CC(C)(C)OC(=O)N1CCC(Oc2ccc(OC[C@H]3CCn4cc([N+](=O)[O-])nc4O3)cc2)CC1. The first-order chi connectivity index (χ1) is 16.2. The summed E-state index contributed by atoms with van der Waals surface area (Å²) in [6.45, 7) is 7.68. The van der Waals surface area contributed by atoms with Gasteiger partial charge in [-0.15, -0.1) is 0 Å². The third-order valence-corrected chi connectivity index (χ3v) is 5.53. The Kier molecular flexibility index (Phi) is 6.80. The zero-order valence-corrected chi connectivity index (χ0v) is 19.6. The molecule has 1 fully saturated rings. The van der Waals surface area contributed by atoms with Crippen molar-refractivity contribution in [1.82, 2.24) is 14.5 Å². The molecule has 1 saturated heterocycles. The third-order valence-electron chi connectivity index (χ3n) is 5.53. The minimum Gasteiger partial charge on any atom is -0.490 e. The standard InChI is InChI=1S/C23H30N4O7/c1-23(2,3)34-22(28)25-11-8-18(9-12-25)32-17-6-4-16(5-7-17)31-15-19-10-13-26-14-20(27(29)30)24-21(26)33-19/h4-7,14,18-19H,8-13,15H2,1-3H3/t19-/m1/s1. The second-order valence-electron chi connectivity index (χ2n) is 9.43. The van der Waals surface area contributed by atoms with E-state index in [4.69, 9.17) is 18.9 Å². The number of carbonyl (C=O) groups excluding carboxylic acids is 1. The Labute approximate surface area is 197 Å². The lowest BCUT2D eigenvalue weighted by Gasteiger charge is -2.33. The zero-order valence-electron chi connectivity index (χ0n) is 19.6. The number of aryl methyl sites for hydroxylation is 1. The minimum absolute atomic E-state index is 0.0360. The summed E-state index contributed by atoms with van der Waals surface area (Å²) >= 11 is 0. The first kappa shape index (κ1) is 23.7. The van der Waals surface area contributed by atoms with E-state index in [1.807, 2.05) is 45.0 Å². The lowest BCUT2D eigenvalue weighted by Crippen LogP contribution is -2.44. The number of carbonyl (C=O) groups is 1. The van der Waals surface area contributed by atoms with Crippen LogP contribution in [0.25, 0.3) is 0 Å². The van der Waals surface area contributed by atoms with Crippen LogP contribution in [0.2, 0.25) is 0 Å². The van der Waals surface area contributed by atoms with E-state index >= 15 is 0 Å². The number of imidazole rings is 1. The van der Waals surface area contributed by atoms with Gasteiger partial charge in [-0.2, -0.15) is 0 Å². The molecule has 0 aliphatic carbocycles. The molecular weight excluding hydrogens is 444 g/mol. The molecule has 0 N–H and O–H groups in total. The van der Waals surface area contributed by atoms with Crippen LogP contribution >= 0.6 is 0 Å². The van der Waals surface area contributed by atoms with E-state index in [-0.39, 0.29) is 30.1 Å². The number of nitrogens with zero attached hydrogens (tertiary/aromatic N) is 4. The predicted octanol–water partition coefficient (Wildman–Crippen LogP) is 3.80. The summed E-state index contributed by atoms with van der Waals surface area (Å²) in [6.07, 6.45) is 3.05. The van der Waals surface area contributed by atoms with Crippen molar-refractivity contribution in [2.45, 2.75) is 64.4 Å². The predicted molar refractivity (Wildman–Crippen MR) is 121 cm³/mol. The number of fused-ring (bicyclic) bond motifs is 1. The van der Waals surface area contributed by atoms with E-state index in [2.05, 4.69) is 4.98 Å². The fourth-order valence-corrected chi connectivity index (χ4v) is 3.82. The highest BCUT2D eigenvalue weighted by Crippen LogP contribution is 2.26. The molecule has 11 heteroatoms. The first-order valence-electron chi connectivity index (χ1n) is 11.4. The van der Waals surface area contributed by atoms with Crippen LogP contribution in [0.1, 0.15) is 40.0 Å². The van der Waals surface area contributed by atoms with E-state index in [9.17, 15) is 14.9 Å². The zero-order chi connectivity index (χ0) is 24.3. The van der Waals surface area contributed by atoms with Gasteiger partial charge < -0.3 is 34.0 Å². The second-order valence-corrected chi connectivity index (χ2v) is 9.43. The number of benzene rings is 1. The maximum atomic E-state index is 12.2. The van der Waals surface area contributed by atoms with Gasteiger partial charge >= 0.3 is 17.9 Å². The highest BCUT2D eigenvalue weighted by Gasteiger charge is 2.29. The summed E-state index contributed by atoms with van der Waals surface area (Å²) in [6, 6.07) is 7.62. The molecule has 2 aromatic rings. The molecular formula is C23H30N4O7. The molecule has 2 aliphatic rings. The van der Waals surface area contributed by atoms with E-state index in [1.165, 1.54) is 6.20 Å². The summed E-state index contributed by atoms with van der Waals surface area (Å²) in [7, 11) is 0. The van der Waals surface area contributed by atoms with Crippen molar-refractivity contribution in [2.75, 3.05) is 19.7 Å². The molecule has 1 aromatic heterocycles. The number of aromatic nitrogens is 2. The van der Waals surface area contributed by atoms with Gasteiger partial charge in [-0.05, 0) is 50.0 Å². The molecule has 2 aliphatic heterocycles. The molecule has 1 atom stereocenters. The van der Waals surface area contributed by atoms with E-state index < -0.39 is 10.5 Å². The highest BCUT2D eigenvalue weighted by molar-refractivity contribution is 5.68. The van der Waals surface area contributed by atoms with Crippen molar-refractivity contribution in [3.63, 3.8) is 0 Å². The lowest BCUT2D eigenvalue weighted by atomic mass is 10.1. The van der Waals surface area contributed by atoms with Crippen LogP contribution in [0, 0.1) is 10.1 Å². The summed E-state index contributed by atoms with van der Waals surface area (Å²) in [5, 5.41) is 10.9. The molecule has 1 aromatic carbocycles. The number of likely N-dealkylation sites (tertiary alicyclic amines) is 1. The maximum absolute atomic E-state index is 12.2. The average Bonchev–Trinajstić information content (AvgIpc) is 3.22. The number of rotatable bonds is 6. The normalized spacial score (nSPS) is 18.6. The molecule has 34 heavy (non-hydrogen) atoms. The third kappa shape index (κ3) is 6.09. The Hall–Kier alpha value is -3.50. The van der Waals surface area contributed by atoms with Crippen molar-refractivity contribution in [3.8, 4) is 17.5 Å². The van der Waals surface area contributed by atoms with Gasteiger partial charge in [0.05, 0.1) is 0 Å². The van der Waals surface area contributed by atoms with Gasteiger partial charge in [-0.3, -0.25) is 4.57 Å². The molecule has 0 unspecified atom stereocenters. The van der Waals surface area contributed by atoms with Gasteiger partial charge in [-0.1, -0.05) is 0 Å². The van der Waals surface area contributed by atoms with Crippen LogP contribution < -0.4 is 14.2 Å². The monoisotopic (exact) mass is 474 g/mol. The quantitative estimate of drug-likeness (QED) is 0.458. The maximum Gasteiger partial charge on any atom is 0.414 e. The molecule has 0 spiro atoms. The Balaban J connectivity index is 1.20. The summed E-state index contributed by atoms with van der Waals surface area (Å²) in [4.78, 5) is 28.1. The van der Waals surface area contributed by atoms with Crippen LogP contribution in [0.5, 0.6) is 17.5 Å². The van der Waals surface area contributed by atoms with Gasteiger partial charge in [0, 0.05) is 43.9 Å². The molecule has 4 rings (SSSR count). The van der Waals surface area contributed by atoms with Crippen molar-refractivity contribution in [3.05, 3.63) is 40.6 Å². The number of hydrogen-bond donors (Lipinski definition) is 0. The summed E-state index contributed by atoms with van der Waals surface area (Å²) < 4.78 is 24.7. The first-order valence-corrected chi connectivity index (χ1v) is 11.4. The van der Waals surface area contributed by atoms with Crippen LogP contribution in [-0.4, -0.2) is 63.0 Å². The van der Waals surface area contributed by atoms with Gasteiger partial charge in [0.1, 0.15) is 42.1 Å². The van der Waals surface area contributed by atoms with Crippen molar-refractivity contribution in [2.24, 2.45) is 0 Å². The van der Waals surface area contributed by atoms with Crippen LogP contribution in [0.4, 0.5) is 10.6 Å². The van der Waals surface area contributed by atoms with Gasteiger partial charge in [0.2, 0.25) is 0 Å². The molecule has 184 valence electrons. The topological polar surface area (TPSA) is 118 Å². The van der Waals surface area contributed by atoms with E-state index in [1.54, 1.807) is 9.47 Å². The van der Waals surface area contributed by atoms with Crippen molar-refractivity contribution in [1.29, 1.82) is 0 Å². The highest BCUT2D eigenvalue weighted by atomic mass is 16.6. The summed E-state index contributed by atoms with van der Waals surface area (Å²) in [5.41, 5.74) is -0.500. The van der Waals surface area contributed by atoms with Gasteiger partial charge in [-0.25, -0.2) is 4.79 Å². The van der Waals surface area contributed by atoms with Crippen LogP contribution in [0.3, 0.4) is 0 Å². The Morgan fingerprint density at radius 3 is 2.47 bits per heavy atom. The Bertz CT molecular complexity index is 1010. The number of ether oxygens (including phenoxy) is 4. The van der Waals surface area contributed by atoms with Crippen LogP contribution in [0.15, 0.2) is 30.5 Å². The number of nitro groups is 1. The number of amides is 1. The molecule has 11 nitrogen and oxygen atoms in total. The molecule has 0 saturated carbocycles. The van der Waals surface area contributed by atoms with E-state index in [0.717, 1.165) is 18.6 Å². The minimum atomic E-state index is -0.534. The van der Waals surface area contributed by atoms with Crippen molar-refractivity contribution >= 4 is 11.9 Å². The second kappa shape index (κ2) is 9.78. The van der Waals surface area contributed by atoms with Crippen LogP contribution in [-0.2, 0) is 11.3 Å². The molecule has 3 heterocycles. The Morgan fingerprint density at radius 1 is 1.15 bits per heavy atom.